The molecule has 1 aliphatic heterocycles. The van der Waals surface area contributed by atoms with Crippen molar-refractivity contribution in [1.29, 1.82) is 0 Å². The highest BCUT2D eigenvalue weighted by Gasteiger charge is 2.26. The third kappa shape index (κ3) is 3.78. The first-order chi connectivity index (χ1) is 9.86. The Bertz CT molecular complexity index is 399. The minimum Gasteiger partial charge on any atom is -0.352 e. The van der Waals surface area contributed by atoms with Gasteiger partial charge in [0.1, 0.15) is 6.17 Å². The van der Waals surface area contributed by atoms with Crippen molar-refractivity contribution in [2.75, 3.05) is 13.1 Å². The van der Waals surface area contributed by atoms with Crippen LogP contribution in [0.1, 0.15) is 57.7 Å². The number of hydrogen-bond acceptors (Lipinski definition) is 2. The number of unbranched alkanes of at least 4 members (excludes halogenated alkanes) is 3. The topological polar surface area (TPSA) is 6.48 Å². The molecule has 0 N–H and O–H groups in total. The Kier molecular flexibility index (Phi) is 5.97. The summed E-state index contributed by atoms with van der Waals surface area (Å²) in [4.78, 5) is 4.99. The minimum atomic E-state index is 0.402. The molecule has 2 rings (SSSR count). The van der Waals surface area contributed by atoms with Crippen LogP contribution in [0.25, 0.3) is 0 Å². The summed E-state index contributed by atoms with van der Waals surface area (Å²) in [6.07, 6.45) is 11.4. The van der Waals surface area contributed by atoms with Crippen molar-refractivity contribution >= 4 is 0 Å². The van der Waals surface area contributed by atoms with Gasteiger partial charge in [-0.3, -0.25) is 0 Å². The van der Waals surface area contributed by atoms with Gasteiger partial charge in [-0.25, -0.2) is 0 Å². The summed E-state index contributed by atoms with van der Waals surface area (Å²) in [5.74, 6) is 0. The third-order valence-corrected chi connectivity index (χ3v) is 3.97. The van der Waals surface area contributed by atoms with Gasteiger partial charge in [0.25, 0.3) is 0 Å². The number of benzene rings is 1. The van der Waals surface area contributed by atoms with Gasteiger partial charge in [-0.05, 0) is 18.4 Å². The molecule has 1 heterocycles. The predicted molar refractivity (Wildman–Crippen MR) is 86.2 cm³/mol. The summed E-state index contributed by atoms with van der Waals surface area (Å²) in [5.41, 5.74) is 1.41. The lowest BCUT2D eigenvalue weighted by molar-refractivity contribution is 0.150. The zero-order valence-electron chi connectivity index (χ0n) is 13.0. The molecule has 110 valence electrons. The van der Waals surface area contributed by atoms with Gasteiger partial charge in [-0.1, -0.05) is 63.4 Å². The highest BCUT2D eigenvalue weighted by atomic mass is 15.4. The fourth-order valence-electron chi connectivity index (χ4n) is 2.81. The average Bonchev–Trinajstić information content (AvgIpc) is 2.89. The molecular weight excluding hydrogens is 244 g/mol. The Hall–Kier alpha value is -1.44. The van der Waals surface area contributed by atoms with Crippen LogP contribution in [0.15, 0.2) is 42.7 Å². The fraction of sp³-hybridized carbons (Fsp3) is 0.556. The first kappa shape index (κ1) is 15.0. The molecular formula is C18H28N2. The van der Waals surface area contributed by atoms with Gasteiger partial charge in [0.05, 0.1) is 0 Å². The van der Waals surface area contributed by atoms with Gasteiger partial charge in [-0.2, -0.15) is 0 Å². The maximum Gasteiger partial charge on any atom is 0.127 e. The van der Waals surface area contributed by atoms with Crippen LogP contribution in [0.4, 0.5) is 0 Å². The molecule has 0 fully saturated rings. The highest BCUT2D eigenvalue weighted by molar-refractivity contribution is 5.21. The van der Waals surface area contributed by atoms with Crippen molar-refractivity contribution in [2.45, 2.75) is 52.1 Å². The van der Waals surface area contributed by atoms with E-state index < -0.39 is 0 Å². The SMILES string of the molecule is CCCCCN1C=CN(CCCC)C1c1ccccc1. The normalized spacial score (nSPS) is 18.0. The number of rotatable bonds is 8. The molecule has 2 heteroatoms. The molecule has 20 heavy (non-hydrogen) atoms. The van der Waals surface area contributed by atoms with E-state index in [4.69, 9.17) is 0 Å². The van der Waals surface area contributed by atoms with E-state index in [2.05, 4.69) is 66.4 Å². The van der Waals surface area contributed by atoms with Gasteiger partial charge in [0.15, 0.2) is 0 Å². The van der Waals surface area contributed by atoms with Crippen molar-refractivity contribution in [3.8, 4) is 0 Å². The van der Waals surface area contributed by atoms with E-state index in [1.807, 2.05) is 0 Å². The molecule has 1 unspecified atom stereocenters. The molecule has 0 aromatic heterocycles. The Morgan fingerprint density at radius 2 is 1.40 bits per heavy atom. The third-order valence-electron chi connectivity index (χ3n) is 3.97. The van der Waals surface area contributed by atoms with Crippen molar-refractivity contribution in [2.24, 2.45) is 0 Å². The predicted octanol–water partition coefficient (Wildman–Crippen LogP) is 4.76. The summed E-state index contributed by atoms with van der Waals surface area (Å²) in [6.45, 7) is 6.84. The van der Waals surface area contributed by atoms with E-state index in [1.54, 1.807) is 0 Å². The molecule has 1 aliphatic rings. The largest absolute Gasteiger partial charge is 0.352 e. The minimum absolute atomic E-state index is 0.402. The van der Waals surface area contributed by atoms with E-state index in [-0.39, 0.29) is 0 Å². The first-order valence-corrected chi connectivity index (χ1v) is 8.11. The maximum absolute atomic E-state index is 2.50. The van der Waals surface area contributed by atoms with Gasteiger partial charge < -0.3 is 9.80 Å². The van der Waals surface area contributed by atoms with Crippen LogP contribution in [0.3, 0.4) is 0 Å². The quantitative estimate of drug-likeness (QED) is 0.629. The highest BCUT2D eigenvalue weighted by Crippen LogP contribution is 2.31. The monoisotopic (exact) mass is 272 g/mol. The first-order valence-electron chi connectivity index (χ1n) is 8.11. The molecule has 0 saturated heterocycles. The Balaban J connectivity index is 2.05. The van der Waals surface area contributed by atoms with Crippen LogP contribution in [-0.2, 0) is 0 Å². The van der Waals surface area contributed by atoms with Gasteiger partial charge >= 0.3 is 0 Å². The standard InChI is InChI=1S/C18H28N2/c1-3-5-10-14-20-16-15-19(13-6-4-2)18(20)17-11-8-7-9-12-17/h7-9,11-12,15-16,18H,3-6,10,13-14H2,1-2H3. The lowest BCUT2D eigenvalue weighted by Gasteiger charge is -2.33. The molecule has 0 amide bonds. The molecule has 0 aliphatic carbocycles. The van der Waals surface area contributed by atoms with Crippen molar-refractivity contribution in [1.82, 2.24) is 9.80 Å². The van der Waals surface area contributed by atoms with Gasteiger partial charge in [0, 0.05) is 25.5 Å². The van der Waals surface area contributed by atoms with Crippen LogP contribution in [0.5, 0.6) is 0 Å². The second kappa shape index (κ2) is 7.98. The fourth-order valence-corrected chi connectivity index (χ4v) is 2.81. The summed E-state index contributed by atoms with van der Waals surface area (Å²) in [7, 11) is 0. The number of nitrogens with zero attached hydrogens (tertiary/aromatic N) is 2. The van der Waals surface area contributed by atoms with Crippen LogP contribution in [-0.4, -0.2) is 22.9 Å². The van der Waals surface area contributed by atoms with E-state index in [0.717, 1.165) is 13.1 Å². The van der Waals surface area contributed by atoms with E-state index in [9.17, 15) is 0 Å². The maximum atomic E-state index is 2.50. The summed E-state index contributed by atoms with van der Waals surface area (Å²) < 4.78 is 0. The average molecular weight is 272 g/mol. The van der Waals surface area contributed by atoms with Crippen LogP contribution < -0.4 is 0 Å². The molecule has 2 nitrogen and oxygen atoms in total. The molecule has 0 bridgehead atoms. The molecule has 1 atom stereocenters. The van der Waals surface area contributed by atoms with Crippen LogP contribution in [0.2, 0.25) is 0 Å². The number of hydrogen-bond donors (Lipinski definition) is 0. The molecule has 0 saturated carbocycles. The summed E-state index contributed by atoms with van der Waals surface area (Å²) in [6, 6.07) is 10.9. The van der Waals surface area contributed by atoms with Crippen molar-refractivity contribution in [3.05, 3.63) is 48.3 Å². The Labute approximate surface area is 124 Å². The molecule has 1 aromatic carbocycles. The van der Waals surface area contributed by atoms with E-state index in [1.165, 1.54) is 37.7 Å². The zero-order valence-corrected chi connectivity index (χ0v) is 13.0. The molecule has 0 spiro atoms. The molecule has 0 radical (unpaired) electrons. The van der Waals surface area contributed by atoms with E-state index >= 15 is 0 Å². The lowest BCUT2D eigenvalue weighted by Crippen LogP contribution is -2.32. The second-order valence-electron chi connectivity index (χ2n) is 5.62. The van der Waals surface area contributed by atoms with Gasteiger partial charge in [-0.15, -0.1) is 0 Å². The van der Waals surface area contributed by atoms with Crippen molar-refractivity contribution in [3.63, 3.8) is 0 Å². The van der Waals surface area contributed by atoms with Crippen LogP contribution >= 0.6 is 0 Å². The van der Waals surface area contributed by atoms with Crippen LogP contribution in [0, 0.1) is 0 Å². The van der Waals surface area contributed by atoms with Gasteiger partial charge in [0.2, 0.25) is 0 Å². The van der Waals surface area contributed by atoms with E-state index in [0.29, 0.717) is 6.17 Å². The Morgan fingerprint density at radius 3 is 2.00 bits per heavy atom. The molecule has 1 aromatic rings. The smallest absolute Gasteiger partial charge is 0.127 e. The zero-order chi connectivity index (χ0) is 14.2. The second-order valence-corrected chi connectivity index (χ2v) is 5.62. The lowest BCUT2D eigenvalue weighted by atomic mass is 10.1. The Morgan fingerprint density at radius 1 is 0.800 bits per heavy atom. The summed E-state index contributed by atoms with van der Waals surface area (Å²) >= 11 is 0. The summed E-state index contributed by atoms with van der Waals surface area (Å²) in [5, 5.41) is 0. The van der Waals surface area contributed by atoms with Crippen molar-refractivity contribution < 1.29 is 0 Å².